The van der Waals surface area contributed by atoms with Gasteiger partial charge >= 0.3 is 12.1 Å². The SMILES string of the molecule is CCCCNC(=O)Nc1cc(NC(=O)Nc2c(CC)cccc2CC)ccc1C. The summed E-state index contributed by atoms with van der Waals surface area (Å²) in [5.41, 5.74) is 5.29. The molecule has 0 spiro atoms. The third kappa shape index (κ3) is 6.52. The molecule has 0 aliphatic heterocycles. The molecule has 0 aliphatic carbocycles. The Hall–Kier alpha value is -3.02. The van der Waals surface area contributed by atoms with E-state index in [1.54, 1.807) is 6.07 Å². The Kier molecular flexibility index (Phi) is 8.52. The lowest BCUT2D eigenvalue weighted by molar-refractivity contribution is 0.252. The van der Waals surface area contributed by atoms with E-state index in [4.69, 9.17) is 0 Å². The number of para-hydroxylation sites is 1. The summed E-state index contributed by atoms with van der Waals surface area (Å²) in [6.07, 6.45) is 3.65. The molecule has 2 aromatic carbocycles. The van der Waals surface area contributed by atoms with Gasteiger partial charge in [-0.15, -0.1) is 0 Å². The maximum atomic E-state index is 12.6. The van der Waals surface area contributed by atoms with E-state index in [1.807, 2.05) is 37.3 Å². The van der Waals surface area contributed by atoms with Crippen LogP contribution in [0.15, 0.2) is 36.4 Å². The summed E-state index contributed by atoms with van der Waals surface area (Å²) in [7, 11) is 0. The molecule has 2 rings (SSSR count). The Morgan fingerprint density at radius 2 is 1.55 bits per heavy atom. The second kappa shape index (κ2) is 11.1. The summed E-state index contributed by atoms with van der Waals surface area (Å²) in [4.78, 5) is 24.6. The smallest absolute Gasteiger partial charge is 0.323 e. The highest BCUT2D eigenvalue weighted by Crippen LogP contribution is 2.24. The lowest BCUT2D eigenvalue weighted by Crippen LogP contribution is -2.29. The number of carbonyl (C=O) groups excluding carboxylic acids is 2. The highest BCUT2D eigenvalue weighted by molar-refractivity contribution is 6.01. The monoisotopic (exact) mass is 396 g/mol. The zero-order valence-electron chi connectivity index (χ0n) is 17.8. The minimum atomic E-state index is -0.303. The van der Waals surface area contributed by atoms with Crippen LogP contribution in [0.4, 0.5) is 26.7 Å². The number of urea groups is 2. The van der Waals surface area contributed by atoms with Gasteiger partial charge in [0.2, 0.25) is 0 Å². The largest absolute Gasteiger partial charge is 0.338 e. The molecular weight excluding hydrogens is 364 g/mol. The molecule has 0 heterocycles. The lowest BCUT2D eigenvalue weighted by Gasteiger charge is -2.16. The number of rotatable bonds is 8. The molecule has 0 aliphatic rings. The van der Waals surface area contributed by atoms with Crippen molar-refractivity contribution in [2.45, 2.75) is 53.4 Å². The molecular formula is C23H32N4O2. The number of hydrogen-bond donors (Lipinski definition) is 4. The third-order valence-corrected chi connectivity index (χ3v) is 4.80. The highest BCUT2D eigenvalue weighted by atomic mass is 16.2. The third-order valence-electron chi connectivity index (χ3n) is 4.80. The van der Waals surface area contributed by atoms with Crippen LogP contribution < -0.4 is 21.3 Å². The Balaban J connectivity index is 2.07. The van der Waals surface area contributed by atoms with Gasteiger partial charge < -0.3 is 21.3 Å². The topological polar surface area (TPSA) is 82.3 Å². The van der Waals surface area contributed by atoms with Crippen molar-refractivity contribution in [2.24, 2.45) is 0 Å². The Morgan fingerprint density at radius 1 is 0.862 bits per heavy atom. The summed E-state index contributed by atoms with van der Waals surface area (Å²) in [6.45, 7) is 8.77. The van der Waals surface area contributed by atoms with Crippen molar-refractivity contribution in [3.8, 4) is 0 Å². The van der Waals surface area contributed by atoms with Gasteiger partial charge in [-0.2, -0.15) is 0 Å². The maximum Gasteiger partial charge on any atom is 0.323 e. The fourth-order valence-corrected chi connectivity index (χ4v) is 3.06. The van der Waals surface area contributed by atoms with Crippen molar-refractivity contribution >= 4 is 29.1 Å². The molecule has 6 nitrogen and oxygen atoms in total. The van der Waals surface area contributed by atoms with Crippen LogP contribution in [0.3, 0.4) is 0 Å². The second-order valence-electron chi connectivity index (χ2n) is 7.00. The molecule has 0 atom stereocenters. The number of carbonyl (C=O) groups is 2. The number of amides is 4. The van der Waals surface area contributed by atoms with Gasteiger partial charge in [0.15, 0.2) is 0 Å². The molecule has 0 radical (unpaired) electrons. The zero-order valence-corrected chi connectivity index (χ0v) is 17.8. The molecule has 0 fully saturated rings. The first-order chi connectivity index (χ1) is 14.0. The van der Waals surface area contributed by atoms with E-state index in [2.05, 4.69) is 42.0 Å². The van der Waals surface area contributed by atoms with E-state index in [1.165, 1.54) is 0 Å². The first-order valence-electron chi connectivity index (χ1n) is 10.3. The van der Waals surface area contributed by atoms with Crippen molar-refractivity contribution in [3.63, 3.8) is 0 Å². The minimum Gasteiger partial charge on any atom is -0.338 e. The summed E-state index contributed by atoms with van der Waals surface area (Å²) >= 11 is 0. The predicted molar refractivity (Wildman–Crippen MR) is 121 cm³/mol. The molecule has 0 unspecified atom stereocenters. The summed E-state index contributed by atoms with van der Waals surface area (Å²) in [6, 6.07) is 11.0. The fraction of sp³-hybridized carbons (Fsp3) is 0.391. The molecule has 4 N–H and O–H groups in total. The van der Waals surface area contributed by atoms with Gasteiger partial charge in [-0.05, 0) is 55.0 Å². The first-order valence-corrected chi connectivity index (χ1v) is 10.3. The molecule has 2 aromatic rings. The predicted octanol–water partition coefficient (Wildman–Crippen LogP) is 5.69. The quantitative estimate of drug-likeness (QED) is 0.433. The van der Waals surface area contributed by atoms with E-state index in [9.17, 15) is 9.59 Å². The van der Waals surface area contributed by atoms with E-state index < -0.39 is 0 Å². The molecule has 6 heteroatoms. The van der Waals surface area contributed by atoms with Crippen LogP contribution in [0, 0.1) is 6.92 Å². The Labute approximate surface area is 173 Å². The van der Waals surface area contributed by atoms with E-state index in [-0.39, 0.29) is 12.1 Å². The van der Waals surface area contributed by atoms with Gasteiger partial charge in [0.25, 0.3) is 0 Å². The van der Waals surface area contributed by atoms with Gasteiger partial charge in [-0.3, -0.25) is 0 Å². The standard InChI is InChI=1S/C23H32N4O2/c1-5-8-14-24-22(28)26-20-15-19(13-12-16(20)4)25-23(29)27-21-17(6-2)10-9-11-18(21)7-3/h9-13,15H,5-8,14H2,1-4H3,(H2,24,26,28)(H2,25,27,29). The van der Waals surface area contributed by atoms with Crippen molar-refractivity contribution < 1.29 is 9.59 Å². The van der Waals surface area contributed by atoms with Gasteiger partial charge in [-0.1, -0.05) is 51.5 Å². The number of unbranched alkanes of at least 4 members (excludes halogenated alkanes) is 1. The summed E-state index contributed by atoms with van der Waals surface area (Å²) in [5, 5.41) is 11.5. The number of nitrogens with one attached hydrogen (secondary N) is 4. The van der Waals surface area contributed by atoms with Gasteiger partial charge in [-0.25, -0.2) is 9.59 Å². The van der Waals surface area contributed by atoms with E-state index in [0.717, 1.165) is 48.1 Å². The van der Waals surface area contributed by atoms with Crippen LogP contribution in [-0.2, 0) is 12.8 Å². The molecule has 0 aromatic heterocycles. The normalized spacial score (nSPS) is 10.3. The van der Waals surface area contributed by atoms with Crippen molar-refractivity contribution in [2.75, 3.05) is 22.5 Å². The van der Waals surface area contributed by atoms with Gasteiger partial charge in [0, 0.05) is 23.6 Å². The zero-order chi connectivity index (χ0) is 21.2. The van der Waals surface area contributed by atoms with Crippen molar-refractivity contribution in [1.29, 1.82) is 0 Å². The molecule has 4 amide bonds. The highest BCUT2D eigenvalue weighted by Gasteiger charge is 2.11. The van der Waals surface area contributed by atoms with Crippen molar-refractivity contribution in [1.82, 2.24) is 5.32 Å². The summed E-state index contributed by atoms with van der Waals surface area (Å²) in [5.74, 6) is 0. The molecule has 0 saturated heterocycles. The van der Waals surface area contributed by atoms with Crippen LogP contribution >= 0.6 is 0 Å². The number of benzene rings is 2. The van der Waals surface area contributed by atoms with Crippen LogP contribution in [-0.4, -0.2) is 18.6 Å². The fourth-order valence-electron chi connectivity index (χ4n) is 3.06. The van der Waals surface area contributed by atoms with Gasteiger partial charge in [0.05, 0.1) is 0 Å². The van der Waals surface area contributed by atoms with Crippen LogP contribution in [0.1, 0.15) is 50.3 Å². The number of anilines is 3. The van der Waals surface area contributed by atoms with Crippen LogP contribution in [0.2, 0.25) is 0 Å². The maximum absolute atomic E-state index is 12.6. The number of aryl methyl sites for hydroxylation is 3. The average molecular weight is 397 g/mol. The Morgan fingerprint density at radius 3 is 2.17 bits per heavy atom. The van der Waals surface area contributed by atoms with Gasteiger partial charge in [0.1, 0.15) is 0 Å². The average Bonchev–Trinajstić information content (AvgIpc) is 2.70. The van der Waals surface area contributed by atoms with E-state index >= 15 is 0 Å². The van der Waals surface area contributed by atoms with Crippen molar-refractivity contribution in [3.05, 3.63) is 53.1 Å². The first kappa shape index (κ1) is 22.3. The Bertz CT molecular complexity index is 827. The molecule has 0 bridgehead atoms. The van der Waals surface area contributed by atoms with E-state index in [0.29, 0.717) is 17.9 Å². The lowest BCUT2D eigenvalue weighted by atomic mass is 10.0. The second-order valence-corrected chi connectivity index (χ2v) is 7.00. The molecule has 0 saturated carbocycles. The molecule has 156 valence electrons. The minimum absolute atomic E-state index is 0.243. The number of hydrogen-bond acceptors (Lipinski definition) is 2. The van der Waals surface area contributed by atoms with Crippen LogP contribution in [0.5, 0.6) is 0 Å². The summed E-state index contributed by atoms with van der Waals surface area (Å²) < 4.78 is 0. The van der Waals surface area contributed by atoms with Crippen LogP contribution in [0.25, 0.3) is 0 Å². The molecule has 29 heavy (non-hydrogen) atoms.